The highest BCUT2D eigenvalue weighted by molar-refractivity contribution is 9.10. The Kier molecular flexibility index (Phi) is 8.75. The Morgan fingerprint density at radius 2 is 1.72 bits per heavy atom. The Morgan fingerprint density at radius 3 is 2.39 bits per heavy atom. The maximum atomic E-state index is 5.51. The first-order valence-corrected chi connectivity index (χ1v) is 6.50. The van der Waals surface area contributed by atoms with Crippen LogP contribution in [0.25, 0.3) is 0 Å². The lowest BCUT2D eigenvalue weighted by Gasteiger charge is -2.08. The van der Waals surface area contributed by atoms with E-state index in [0.717, 1.165) is 10.2 Å². The molecule has 1 rings (SSSR count). The molecule has 0 N–H and O–H groups in total. The minimum Gasteiger partial charge on any atom is -0.490 e. The first-order valence-electron chi connectivity index (χ1n) is 5.71. The van der Waals surface area contributed by atoms with Gasteiger partial charge in [0, 0.05) is 19.5 Å². The van der Waals surface area contributed by atoms with Gasteiger partial charge in [-0.3, -0.25) is 4.98 Å². The molecular formula is C12H18BrNO4. The molecule has 0 saturated carbocycles. The lowest BCUT2D eigenvalue weighted by Crippen LogP contribution is -2.12. The molecule has 1 heterocycles. The minimum absolute atomic E-state index is 0.501. The van der Waals surface area contributed by atoms with Gasteiger partial charge in [-0.25, -0.2) is 0 Å². The topological polar surface area (TPSA) is 49.8 Å². The summed E-state index contributed by atoms with van der Waals surface area (Å²) in [6, 6.07) is 1.80. The first-order chi connectivity index (χ1) is 8.84. The van der Waals surface area contributed by atoms with Crippen LogP contribution in [-0.4, -0.2) is 51.7 Å². The number of hydrogen-bond donors (Lipinski definition) is 0. The molecular weight excluding hydrogens is 302 g/mol. The maximum Gasteiger partial charge on any atom is 0.136 e. The number of rotatable bonds is 10. The minimum atomic E-state index is 0.501. The predicted octanol–water partition coefficient (Wildman–Crippen LogP) is 1.90. The molecule has 0 aliphatic heterocycles. The fourth-order valence-electron chi connectivity index (χ4n) is 1.15. The van der Waals surface area contributed by atoms with Crippen molar-refractivity contribution < 1.29 is 18.9 Å². The highest BCUT2D eigenvalue weighted by Gasteiger charge is 1.99. The quantitative estimate of drug-likeness (QED) is 0.616. The molecule has 1 aromatic rings. The van der Waals surface area contributed by atoms with Crippen LogP contribution in [0.1, 0.15) is 0 Å². The Bertz CT molecular complexity index is 325. The van der Waals surface area contributed by atoms with Crippen molar-refractivity contribution in [2.75, 3.05) is 46.8 Å². The monoisotopic (exact) mass is 319 g/mol. The number of halogens is 1. The van der Waals surface area contributed by atoms with Crippen LogP contribution in [0.3, 0.4) is 0 Å². The summed E-state index contributed by atoms with van der Waals surface area (Å²) in [4.78, 5) is 3.95. The molecule has 0 saturated heterocycles. The van der Waals surface area contributed by atoms with E-state index in [2.05, 4.69) is 20.9 Å². The summed E-state index contributed by atoms with van der Waals surface area (Å²) in [5.41, 5.74) is 0. The van der Waals surface area contributed by atoms with E-state index in [9.17, 15) is 0 Å². The van der Waals surface area contributed by atoms with E-state index >= 15 is 0 Å². The van der Waals surface area contributed by atoms with Gasteiger partial charge in [-0.15, -0.1) is 0 Å². The second kappa shape index (κ2) is 10.3. The standard InChI is InChI=1S/C12H18BrNO4/c1-15-4-5-16-6-7-17-8-9-18-12-2-3-14-10-11(12)13/h2-3,10H,4-9H2,1H3. The predicted molar refractivity (Wildman–Crippen MR) is 70.9 cm³/mol. The molecule has 0 aliphatic rings. The van der Waals surface area contributed by atoms with Crippen molar-refractivity contribution in [1.82, 2.24) is 4.98 Å². The summed E-state index contributed by atoms with van der Waals surface area (Å²) in [7, 11) is 1.65. The Hall–Kier alpha value is -0.690. The van der Waals surface area contributed by atoms with Crippen molar-refractivity contribution in [3.05, 3.63) is 22.9 Å². The molecule has 0 radical (unpaired) electrons. The van der Waals surface area contributed by atoms with Gasteiger partial charge in [0.05, 0.1) is 37.5 Å². The van der Waals surface area contributed by atoms with Crippen LogP contribution in [0.4, 0.5) is 0 Å². The van der Waals surface area contributed by atoms with Crippen LogP contribution in [0.5, 0.6) is 5.75 Å². The van der Waals surface area contributed by atoms with Crippen LogP contribution in [0.2, 0.25) is 0 Å². The fraction of sp³-hybridized carbons (Fsp3) is 0.583. The van der Waals surface area contributed by atoms with Gasteiger partial charge in [-0.2, -0.15) is 0 Å². The molecule has 0 aliphatic carbocycles. The molecule has 0 aromatic carbocycles. The summed E-state index contributed by atoms with van der Waals surface area (Å²) in [5.74, 6) is 0.768. The van der Waals surface area contributed by atoms with E-state index in [1.165, 1.54) is 0 Å². The molecule has 1 aromatic heterocycles. The van der Waals surface area contributed by atoms with Crippen LogP contribution in [-0.2, 0) is 14.2 Å². The van der Waals surface area contributed by atoms with Crippen molar-refractivity contribution in [2.24, 2.45) is 0 Å². The number of pyridine rings is 1. The van der Waals surface area contributed by atoms with Crippen LogP contribution in [0.15, 0.2) is 22.9 Å². The number of hydrogen-bond acceptors (Lipinski definition) is 5. The van der Waals surface area contributed by atoms with E-state index in [0.29, 0.717) is 39.6 Å². The number of aromatic nitrogens is 1. The van der Waals surface area contributed by atoms with Crippen molar-refractivity contribution in [3.8, 4) is 5.75 Å². The third kappa shape index (κ3) is 6.90. The number of ether oxygens (including phenoxy) is 4. The highest BCUT2D eigenvalue weighted by atomic mass is 79.9. The van der Waals surface area contributed by atoms with Gasteiger partial charge in [0.2, 0.25) is 0 Å². The molecule has 0 atom stereocenters. The molecule has 0 unspecified atom stereocenters. The van der Waals surface area contributed by atoms with Gasteiger partial charge in [0.25, 0.3) is 0 Å². The molecule has 102 valence electrons. The fourth-order valence-corrected chi connectivity index (χ4v) is 1.52. The molecule has 6 heteroatoms. The van der Waals surface area contributed by atoms with Crippen LogP contribution in [0, 0.1) is 0 Å². The molecule has 0 amide bonds. The van der Waals surface area contributed by atoms with Gasteiger partial charge >= 0.3 is 0 Å². The third-order valence-electron chi connectivity index (χ3n) is 2.02. The molecule has 18 heavy (non-hydrogen) atoms. The first kappa shape index (κ1) is 15.4. The van der Waals surface area contributed by atoms with Gasteiger partial charge < -0.3 is 18.9 Å². The van der Waals surface area contributed by atoms with Crippen molar-refractivity contribution >= 4 is 15.9 Å². The Balaban J connectivity index is 1.94. The average Bonchev–Trinajstić information content (AvgIpc) is 2.39. The van der Waals surface area contributed by atoms with E-state index in [4.69, 9.17) is 18.9 Å². The summed E-state index contributed by atoms with van der Waals surface area (Å²) in [6.45, 7) is 3.37. The zero-order valence-corrected chi connectivity index (χ0v) is 12.0. The second-order valence-corrected chi connectivity index (χ2v) is 4.23. The largest absolute Gasteiger partial charge is 0.490 e. The van der Waals surface area contributed by atoms with Gasteiger partial charge in [0.15, 0.2) is 0 Å². The second-order valence-electron chi connectivity index (χ2n) is 3.37. The van der Waals surface area contributed by atoms with Crippen LogP contribution >= 0.6 is 15.9 Å². The number of methoxy groups -OCH3 is 1. The molecule has 5 nitrogen and oxygen atoms in total. The third-order valence-corrected chi connectivity index (χ3v) is 2.62. The Morgan fingerprint density at radius 1 is 1.06 bits per heavy atom. The lowest BCUT2D eigenvalue weighted by atomic mass is 10.4. The summed E-state index contributed by atoms with van der Waals surface area (Å²) in [5, 5.41) is 0. The Labute approximate surface area is 116 Å². The average molecular weight is 320 g/mol. The lowest BCUT2D eigenvalue weighted by molar-refractivity contribution is 0.0179. The van der Waals surface area contributed by atoms with E-state index in [-0.39, 0.29) is 0 Å². The van der Waals surface area contributed by atoms with E-state index in [1.54, 1.807) is 25.6 Å². The summed E-state index contributed by atoms with van der Waals surface area (Å²) < 4.78 is 21.8. The number of nitrogens with zero attached hydrogens (tertiary/aromatic N) is 1. The van der Waals surface area contributed by atoms with Gasteiger partial charge in [0.1, 0.15) is 12.4 Å². The zero-order chi connectivity index (χ0) is 13.1. The SMILES string of the molecule is COCCOCCOCCOc1ccncc1Br. The van der Waals surface area contributed by atoms with E-state index in [1.807, 2.05) is 0 Å². The smallest absolute Gasteiger partial charge is 0.136 e. The van der Waals surface area contributed by atoms with Crippen molar-refractivity contribution in [1.29, 1.82) is 0 Å². The zero-order valence-electron chi connectivity index (χ0n) is 10.4. The van der Waals surface area contributed by atoms with Gasteiger partial charge in [-0.05, 0) is 22.0 Å². The van der Waals surface area contributed by atoms with E-state index < -0.39 is 0 Å². The molecule has 0 bridgehead atoms. The summed E-state index contributed by atoms with van der Waals surface area (Å²) in [6.07, 6.45) is 3.38. The normalized spacial score (nSPS) is 10.6. The molecule has 0 spiro atoms. The van der Waals surface area contributed by atoms with Gasteiger partial charge in [-0.1, -0.05) is 0 Å². The maximum absolute atomic E-state index is 5.51. The summed E-state index contributed by atoms with van der Waals surface area (Å²) >= 11 is 3.35. The van der Waals surface area contributed by atoms with Crippen molar-refractivity contribution in [2.45, 2.75) is 0 Å². The molecule has 0 fully saturated rings. The van der Waals surface area contributed by atoms with Crippen molar-refractivity contribution in [3.63, 3.8) is 0 Å². The highest BCUT2D eigenvalue weighted by Crippen LogP contribution is 2.22. The van der Waals surface area contributed by atoms with Crippen LogP contribution < -0.4 is 4.74 Å².